The van der Waals surface area contributed by atoms with E-state index < -0.39 is 0 Å². The first-order valence-electron chi connectivity index (χ1n) is 7.91. The lowest BCUT2D eigenvalue weighted by Gasteiger charge is -2.23. The first kappa shape index (κ1) is 18.0. The van der Waals surface area contributed by atoms with Gasteiger partial charge in [0, 0.05) is 18.7 Å². The summed E-state index contributed by atoms with van der Waals surface area (Å²) in [5, 5.41) is 0. The van der Waals surface area contributed by atoms with Crippen molar-refractivity contribution in [3.05, 3.63) is 29.8 Å². The highest BCUT2D eigenvalue weighted by Gasteiger charge is 2.20. The van der Waals surface area contributed by atoms with Crippen molar-refractivity contribution in [3.8, 4) is 0 Å². The van der Waals surface area contributed by atoms with Gasteiger partial charge in [-0.2, -0.15) is 0 Å². The van der Waals surface area contributed by atoms with Crippen LogP contribution in [-0.4, -0.2) is 19.0 Å². The minimum Gasteiger partial charge on any atom is -0.330 e. The monoisotopic (exact) mass is 310 g/mol. The van der Waals surface area contributed by atoms with Crippen LogP contribution in [0, 0.1) is 0 Å². The normalized spacial score (nSPS) is 14.0. The largest absolute Gasteiger partial charge is 0.330 e. The van der Waals surface area contributed by atoms with Crippen LogP contribution in [-0.2, 0) is 11.2 Å². The summed E-state index contributed by atoms with van der Waals surface area (Å²) in [5.41, 5.74) is 7.94. The number of amides is 1. The molecule has 4 heteroatoms. The zero-order valence-corrected chi connectivity index (χ0v) is 13.5. The summed E-state index contributed by atoms with van der Waals surface area (Å²) in [6.07, 6.45) is 8.34. The molecular weight excluding hydrogens is 284 g/mol. The maximum absolute atomic E-state index is 12.4. The molecular formula is C17H27ClN2O. The average molecular weight is 311 g/mol. The molecule has 1 aliphatic rings. The molecule has 118 valence electrons. The lowest BCUT2D eigenvalue weighted by molar-refractivity contribution is -0.118. The summed E-state index contributed by atoms with van der Waals surface area (Å²) in [6.45, 7) is 1.63. The molecule has 1 heterocycles. The molecule has 0 fully saturated rings. The highest BCUT2D eigenvalue weighted by molar-refractivity contribution is 5.94. The Morgan fingerprint density at radius 2 is 1.86 bits per heavy atom. The Kier molecular flexibility index (Phi) is 8.40. The number of benzene rings is 1. The van der Waals surface area contributed by atoms with Crippen LogP contribution in [0.4, 0.5) is 5.69 Å². The summed E-state index contributed by atoms with van der Waals surface area (Å²) >= 11 is 0. The van der Waals surface area contributed by atoms with Crippen molar-refractivity contribution >= 4 is 24.0 Å². The van der Waals surface area contributed by atoms with E-state index in [4.69, 9.17) is 5.73 Å². The second-order valence-corrected chi connectivity index (χ2v) is 5.58. The van der Waals surface area contributed by atoms with Crippen LogP contribution in [0.25, 0.3) is 0 Å². The SMILES string of the molecule is Cl.NCCCCCCC(=O)N1CCCCc2ccccc21. The van der Waals surface area contributed by atoms with Gasteiger partial charge >= 0.3 is 0 Å². The van der Waals surface area contributed by atoms with Gasteiger partial charge in [0.15, 0.2) is 0 Å². The van der Waals surface area contributed by atoms with E-state index >= 15 is 0 Å². The molecule has 0 unspecified atom stereocenters. The quantitative estimate of drug-likeness (QED) is 0.815. The lowest BCUT2D eigenvalue weighted by Crippen LogP contribution is -2.31. The number of rotatable bonds is 6. The second kappa shape index (κ2) is 9.80. The van der Waals surface area contributed by atoms with E-state index in [2.05, 4.69) is 18.2 Å². The smallest absolute Gasteiger partial charge is 0.226 e. The predicted molar refractivity (Wildman–Crippen MR) is 91.1 cm³/mol. The minimum atomic E-state index is 0. The fourth-order valence-electron chi connectivity index (χ4n) is 2.86. The molecule has 0 aromatic heterocycles. The van der Waals surface area contributed by atoms with Gasteiger partial charge in [-0.3, -0.25) is 4.79 Å². The number of para-hydroxylation sites is 1. The second-order valence-electron chi connectivity index (χ2n) is 5.58. The molecule has 0 spiro atoms. The Labute approximate surface area is 134 Å². The standard InChI is InChI=1S/C17H26N2O.ClH/c18-13-7-2-1-3-12-17(20)19-14-8-6-10-15-9-4-5-11-16(15)19;/h4-5,9,11H,1-3,6-8,10,12-14,18H2;1H. The third-order valence-electron chi connectivity index (χ3n) is 4.01. The van der Waals surface area contributed by atoms with Crippen molar-refractivity contribution in [2.45, 2.75) is 51.4 Å². The number of aryl methyl sites for hydroxylation is 1. The van der Waals surface area contributed by atoms with Gasteiger partial charge in [-0.1, -0.05) is 31.0 Å². The Balaban J connectivity index is 0.00000220. The van der Waals surface area contributed by atoms with Crippen LogP contribution in [0.5, 0.6) is 0 Å². The number of unbranched alkanes of at least 4 members (excludes halogenated alkanes) is 3. The molecule has 0 radical (unpaired) electrons. The van der Waals surface area contributed by atoms with E-state index in [1.807, 2.05) is 11.0 Å². The molecule has 2 rings (SSSR count). The number of nitrogens with zero attached hydrogens (tertiary/aromatic N) is 1. The molecule has 2 N–H and O–H groups in total. The van der Waals surface area contributed by atoms with Crippen molar-refractivity contribution in [3.63, 3.8) is 0 Å². The van der Waals surface area contributed by atoms with Crippen molar-refractivity contribution < 1.29 is 4.79 Å². The predicted octanol–water partition coefficient (Wildman–Crippen LogP) is 3.69. The van der Waals surface area contributed by atoms with Crippen molar-refractivity contribution in [1.29, 1.82) is 0 Å². The average Bonchev–Trinajstić information content (AvgIpc) is 2.69. The highest BCUT2D eigenvalue weighted by Crippen LogP contribution is 2.26. The third kappa shape index (κ3) is 5.33. The zero-order valence-electron chi connectivity index (χ0n) is 12.7. The molecule has 0 bridgehead atoms. The number of carbonyl (C=O) groups is 1. The molecule has 0 saturated carbocycles. The molecule has 0 atom stereocenters. The van der Waals surface area contributed by atoms with E-state index in [0.29, 0.717) is 6.42 Å². The highest BCUT2D eigenvalue weighted by atomic mass is 35.5. The fraction of sp³-hybridized carbons (Fsp3) is 0.588. The van der Waals surface area contributed by atoms with Crippen molar-refractivity contribution in [2.24, 2.45) is 5.73 Å². The number of halogens is 1. The number of anilines is 1. The van der Waals surface area contributed by atoms with Crippen LogP contribution >= 0.6 is 12.4 Å². The summed E-state index contributed by atoms with van der Waals surface area (Å²) in [4.78, 5) is 14.5. The van der Waals surface area contributed by atoms with Gasteiger partial charge in [0.25, 0.3) is 0 Å². The van der Waals surface area contributed by atoms with Gasteiger partial charge in [0.05, 0.1) is 0 Å². The molecule has 3 nitrogen and oxygen atoms in total. The van der Waals surface area contributed by atoms with E-state index in [0.717, 1.165) is 57.3 Å². The van der Waals surface area contributed by atoms with Gasteiger partial charge in [-0.15, -0.1) is 12.4 Å². The minimum absolute atomic E-state index is 0. The van der Waals surface area contributed by atoms with Gasteiger partial charge in [-0.25, -0.2) is 0 Å². The maximum Gasteiger partial charge on any atom is 0.226 e. The summed E-state index contributed by atoms with van der Waals surface area (Å²) in [6, 6.07) is 8.35. The van der Waals surface area contributed by atoms with Crippen molar-refractivity contribution in [2.75, 3.05) is 18.0 Å². The Bertz CT molecular complexity index is 437. The number of nitrogens with two attached hydrogens (primary N) is 1. The van der Waals surface area contributed by atoms with Crippen LogP contribution in [0.2, 0.25) is 0 Å². The van der Waals surface area contributed by atoms with E-state index in [9.17, 15) is 4.79 Å². The molecule has 0 saturated heterocycles. The van der Waals surface area contributed by atoms with E-state index in [-0.39, 0.29) is 18.3 Å². The lowest BCUT2D eigenvalue weighted by atomic mass is 10.1. The van der Waals surface area contributed by atoms with Gasteiger partial charge in [0.2, 0.25) is 5.91 Å². The third-order valence-corrected chi connectivity index (χ3v) is 4.01. The number of carbonyl (C=O) groups excluding carboxylic acids is 1. The van der Waals surface area contributed by atoms with Crippen molar-refractivity contribution in [1.82, 2.24) is 0 Å². The van der Waals surface area contributed by atoms with Crippen LogP contribution in [0.1, 0.15) is 50.5 Å². The number of fused-ring (bicyclic) bond motifs is 1. The number of hydrogen-bond donors (Lipinski definition) is 1. The van der Waals surface area contributed by atoms with Gasteiger partial charge < -0.3 is 10.6 Å². The Hall–Kier alpha value is -1.06. The first-order chi connectivity index (χ1) is 9.83. The number of hydrogen-bond acceptors (Lipinski definition) is 2. The maximum atomic E-state index is 12.4. The molecule has 1 aromatic rings. The van der Waals surface area contributed by atoms with Crippen LogP contribution in [0.3, 0.4) is 0 Å². The first-order valence-corrected chi connectivity index (χ1v) is 7.91. The Morgan fingerprint density at radius 1 is 1.10 bits per heavy atom. The van der Waals surface area contributed by atoms with E-state index in [1.165, 1.54) is 12.0 Å². The fourth-order valence-corrected chi connectivity index (χ4v) is 2.86. The molecule has 1 aliphatic heterocycles. The zero-order chi connectivity index (χ0) is 14.2. The van der Waals surface area contributed by atoms with Crippen LogP contribution in [0.15, 0.2) is 24.3 Å². The van der Waals surface area contributed by atoms with Gasteiger partial charge in [0.1, 0.15) is 0 Å². The van der Waals surface area contributed by atoms with Gasteiger partial charge in [-0.05, 0) is 50.3 Å². The summed E-state index contributed by atoms with van der Waals surface area (Å²) in [7, 11) is 0. The molecule has 1 aromatic carbocycles. The molecule has 21 heavy (non-hydrogen) atoms. The topological polar surface area (TPSA) is 46.3 Å². The molecule has 1 amide bonds. The Morgan fingerprint density at radius 3 is 2.67 bits per heavy atom. The van der Waals surface area contributed by atoms with E-state index in [1.54, 1.807) is 0 Å². The van der Waals surface area contributed by atoms with Crippen LogP contribution < -0.4 is 10.6 Å². The molecule has 0 aliphatic carbocycles. The summed E-state index contributed by atoms with van der Waals surface area (Å²) < 4.78 is 0. The summed E-state index contributed by atoms with van der Waals surface area (Å²) in [5.74, 6) is 0.284.